The maximum Gasteiger partial charge on any atom is 0.255 e. The first kappa shape index (κ1) is 19.3. The largest absolute Gasteiger partial charge is 0.385 e. The number of nitrogens with one attached hydrogen (secondary N) is 2. The monoisotopic (exact) mass is 384 g/mol. The molecular weight excluding hydrogens is 366 g/mol. The molecule has 0 saturated carbocycles. The molecule has 3 rings (SSSR count). The van der Waals surface area contributed by atoms with Crippen molar-refractivity contribution >= 4 is 16.9 Å². The second-order valence-electron chi connectivity index (χ2n) is 6.08. The van der Waals surface area contributed by atoms with E-state index in [0.717, 1.165) is 5.69 Å². The standard InChI is InChI=1S/C19H18F2N6O/c1-12-3-2-4-16(26-12)19(22)15(9-23-10-17(20)21)13-5-6-18-24-7-14(8-25-28)27(18)11-13/h2-7,9,11,17,22-23H,8,10H2,1H3/b15-9-,22-19?. The van der Waals surface area contributed by atoms with Gasteiger partial charge in [0.15, 0.2) is 0 Å². The van der Waals surface area contributed by atoms with Crippen LogP contribution < -0.4 is 5.32 Å². The topological polar surface area (TPSA) is 95.5 Å². The van der Waals surface area contributed by atoms with E-state index in [-0.39, 0.29) is 12.3 Å². The zero-order chi connectivity index (χ0) is 20.1. The predicted octanol–water partition coefficient (Wildman–Crippen LogP) is 3.57. The second-order valence-corrected chi connectivity index (χ2v) is 6.08. The summed E-state index contributed by atoms with van der Waals surface area (Å²) in [5, 5.41) is 14.0. The van der Waals surface area contributed by atoms with Gasteiger partial charge in [-0.05, 0) is 31.2 Å². The molecule has 0 aliphatic carbocycles. The average molecular weight is 384 g/mol. The highest BCUT2D eigenvalue weighted by atomic mass is 19.3. The fourth-order valence-electron chi connectivity index (χ4n) is 2.74. The lowest BCUT2D eigenvalue weighted by atomic mass is 10.0. The third-order valence-electron chi connectivity index (χ3n) is 4.05. The van der Waals surface area contributed by atoms with Crippen LogP contribution in [0.3, 0.4) is 0 Å². The third kappa shape index (κ3) is 4.25. The molecule has 0 radical (unpaired) electrons. The van der Waals surface area contributed by atoms with E-state index in [9.17, 15) is 13.7 Å². The predicted molar refractivity (Wildman–Crippen MR) is 102 cm³/mol. The summed E-state index contributed by atoms with van der Waals surface area (Å²) < 4.78 is 26.8. The lowest BCUT2D eigenvalue weighted by Crippen LogP contribution is -2.17. The molecule has 0 aliphatic rings. The fourth-order valence-corrected chi connectivity index (χ4v) is 2.74. The van der Waals surface area contributed by atoms with Gasteiger partial charge in [0, 0.05) is 29.2 Å². The number of halogens is 2. The van der Waals surface area contributed by atoms with Gasteiger partial charge in [0.1, 0.15) is 12.2 Å². The van der Waals surface area contributed by atoms with Gasteiger partial charge in [0.2, 0.25) is 0 Å². The van der Waals surface area contributed by atoms with Crippen LogP contribution >= 0.6 is 0 Å². The summed E-state index contributed by atoms with van der Waals surface area (Å²) in [6.45, 7) is 1.22. The van der Waals surface area contributed by atoms with E-state index in [0.29, 0.717) is 28.2 Å². The lowest BCUT2D eigenvalue weighted by molar-refractivity contribution is 0.151. The first-order valence-corrected chi connectivity index (χ1v) is 8.49. The zero-order valence-electron chi connectivity index (χ0n) is 15.1. The molecule has 0 aromatic carbocycles. The summed E-state index contributed by atoms with van der Waals surface area (Å²) in [5.41, 5.74) is 3.43. The number of aryl methyl sites for hydroxylation is 1. The van der Waals surface area contributed by atoms with Crippen molar-refractivity contribution in [2.24, 2.45) is 5.18 Å². The Bertz CT molecular complexity index is 1040. The molecule has 3 aromatic heterocycles. The maximum atomic E-state index is 12.6. The first-order valence-electron chi connectivity index (χ1n) is 8.49. The molecule has 144 valence electrons. The Hall–Kier alpha value is -3.49. The number of nitrogens with zero attached hydrogens (tertiary/aromatic N) is 4. The van der Waals surface area contributed by atoms with E-state index in [2.05, 4.69) is 20.5 Å². The molecule has 0 fully saturated rings. The highest BCUT2D eigenvalue weighted by Gasteiger charge is 2.15. The molecule has 0 bridgehead atoms. The molecule has 28 heavy (non-hydrogen) atoms. The van der Waals surface area contributed by atoms with Gasteiger partial charge >= 0.3 is 0 Å². The molecule has 3 aromatic rings. The van der Waals surface area contributed by atoms with Crippen LogP contribution in [0, 0.1) is 17.2 Å². The third-order valence-corrected chi connectivity index (χ3v) is 4.05. The Labute approximate surface area is 159 Å². The van der Waals surface area contributed by atoms with E-state index >= 15 is 0 Å². The van der Waals surface area contributed by atoms with E-state index < -0.39 is 13.0 Å². The highest BCUT2D eigenvalue weighted by molar-refractivity contribution is 6.29. The number of allylic oxidation sites excluding steroid dienone is 1. The van der Waals surface area contributed by atoms with Crippen LogP contribution in [-0.2, 0) is 6.54 Å². The van der Waals surface area contributed by atoms with Crippen LogP contribution in [0.25, 0.3) is 11.2 Å². The van der Waals surface area contributed by atoms with Crippen LogP contribution in [0.1, 0.15) is 22.6 Å². The second kappa shape index (κ2) is 8.47. The van der Waals surface area contributed by atoms with Crippen LogP contribution in [0.4, 0.5) is 8.78 Å². The number of pyridine rings is 2. The highest BCUT2D eigenvalue weighted by Crippen LogP contribution is 2.21. The van der Waals surface area contributed by atoms with Gasteiger partial charge in [-0.2, -0.15) is 4.91 Å². The van der Waals surface area contributed by atoms with Gasteiger partial charge in [-0.15, -0.1) is 0 Å². The van der Waals surface area contributed by atoms with Gasteiger partial charge in [0.25, 0.3) is 6.43 Å². The van der Waals surface area contributed by atoms with E-state index in [1.807, 2.05) is 13.0 Å². The summed E-state index contributed by atoms with van der Waals surface area (Å²) in [4.78, 5) is 19.2. The van der Waals surface area contributed by atoms with Crippen LogP contribution in [0.2, 0.25) is 0 Å². The van der Waals surface area contributed by atoms with Crippen molar-refractivity contribution in [3.05, 3.63) is 76.5 Å². The summed E-state index contributed by atoms with van der Waals surface area (Å²) in [7, 11) is 0. The van der Waals surface area contributed by atoms with Crippen molar-refractivity contribution in [3.63, 3.8) is 0 Å². The summed E-state index contributed by atoms with van der Waals surface area (Å²) >= 11 is 0. The molecule has 0 aliphatic heterocycles. The number of imidazole rings is 1. The Morgan fingerprint density at radius 1 is 1.36 bits per heavy atom. The van der Waals surface area contributed by atoms with Gasteiger partial charge in [-0.25, -0.2) is 13.8 Å². The Morgan fingerprint density at radius 2 is 2.18 bits per heavy atom. The molecule has 7 nitrogen and oxygen atoms in total. The molecule has 0 unspecified atom stereocenters. The molecule has 0 saturated heterocycles. The lowest BCUT2D eigenvalue weighted by Gasteiger charge is -2.12. The van der Waals surface area contributed by atoms with Crippen molar-refractivity contribution in [3.8, 4) is 0 Å². The Balaban J connectivity index is 2.05. The molecular formula is C19H18F2N6O. The van der Waals surface area contributed by atoms with Crippen molar-refractivity contribution in [2.75, 3.05) is 6.54 Å². The first-order chi connectivity index (χ1) is 13.5. The molecule has 0 spiro atoms. The minimum Gasteiger partial charge on any atom is -0.385 e. The molecule has 3 heterocycles. The van der Waals surface area contributed by atoms with Crippen molar-refractivity contribution in [1.29, 1.82) is 5.41 Å². The number of aromatic nitrogens is 3. The quantitative estimate of drug-likeness (QED) is 0.458. The molecule has 0 amide bonds. The average Bonchev–Trinajstić information content (AvgIpc) is 3.07. The summed E-state index contributed by atoms with van der Waals surface area (Å²) in [5.74, 6) is 0. The molecule has 2 N–H and O–H groups in total. The zero-order valence-corrected chi connectivity index (χ0v) is 15.1. The molecule has 0 atom stereocenters. The normalized spacial score (nSPS) is 11.8. The number of nitroso groups, excluding NO2 is 1. The minimum atomic E-state index is -2.52. The number of hydrogen-bond acceptors (Lipinski definition) is 6. The number of rotatable bonds is 8. The minimum absolute atomic E-state index is 0.0514. The Morgan fingerprint density at radius 3 is 2.89 bits per heavy atom. The fraction of sp³-hybridized carbons (Fsp3) is 0.211. The van der Waals surface area contributed by atoms with Gasteiger partial charge in [0.05, 0.1) is 29.8 Å². The van der Waals surface area contributed by atoms with Crippen LogP contribution in [-0.4, -0.2) is 33.1 Å². The number of alkyl halides is 2. The smallest absolute Gasteiger partial charge is 0.255 e. The Kier molecular flexibility index (Phi) is 5.83. The van der Waals surface area contributed by atoms with E-state index in [1.165, 1.54) is 6.20 Å². The van der Waals surface area contributed by atoms with Gasteiger partial charge in [-0.1, -0.05) is 11.2 Å². The van der Waals surface area contributed by atoms with Gasteiger partial charge < -0.3 is 9.72 Å². The summed E-state index contributed by atoms with van der Waals surface area (Å²) in [6.07, 6.45) is 2.11. The number of fused-ring (bicyclic) bond motifs is 1. The summed E-state index contributed by atoms with van der Waals surface area (Å²) in [6, 6.07) is 8.74. The van der Waals surface area contributed by atoms with Gasteiger partial charge in [-0.3, -0.25) is 10.4 Å². The van der Waals surface area contributed by atoms with Crippen molar-refractivity contribution in [1.82, 2.24) is 19.7 Å². The SMILES string of the molecule is Cc1cccc(C(=N)/C(=C\NCC(F)F)c2ccc3ncc(CN=O)n3c2)n1. The van der Waals surface area contributed by atoms with Crippen LogP contribution in [0.15, 0.2) is 54.1 Å². The van der Waals surface area contributed by atoms with E-state index in [4.69, 9.17) is 5.41 Å². The van der Waals surface area contributed by atoms with Crippen LogP contribution in [0.5, 0.6) is 0 Å². The molecule has 9 heteroatoms. The number of hydrogen-bond donors (Lipinski definition) is 2. The van der Waals surface area contributed by atoms with Crippen molar-refractivity contribution in [2.45, 2.75) is 19.9 Å². The van der Waals surface area contributed by atoms with Crippen molar-refractivity contribution < 1.29 is 8.78 Å². The van der Waals surface area contributed by atoms with E-state index in [1.54, 1.807) is 41.1 Å². The maximum absolute atomic E-state index is 12.6.